The summed E-state index contributed by atoms with van der Waals surface area (Å²) in [6, 6.07) is 6.10. The van der Waals surface area contributed by atoms with Crippen LogP contribution in [-0.4, -0.2) is 13.2 Å². The van der Waals surface area contributed by atoms with Crippen molar-refractivity contribution in [3.63, 3.8) is 0 Å². The van der Waals surface area contributed by atoms with E-state index in [4.69, 9.17) is 10.5 Å². The first-order valence-electron chi connectivity index (χ1n) is 3.83. The maximum atomic E-state index is 5.41. The van der Waals surface area contributed by atoms with Crippen molar-refractivity contribution in [2.45, 2.75) is 6.92 Å². The molecule has 0 heterocycles. The fourth-order valence-corrected chi connectivity index (χ4v) is 1.59. The molecule has 2 nitrogen and oxygen atoms in total. The van der Waals surface area contributed by atoms with E-state index in [1.807, 2.05) is 19.1 Å². The van der Waals surface area contributed by atoms with E-state index in [9.17, 15) is 0 Å². The van der Waals surface area contributed by atoms with Crippen molar-refractivity contribution < 1.29 is 4.74 Å². The van der Waals surface area contributed by atoms with Crippen LogP contribution in [0.3, 0.4) is 0 Å². The lowest BCUT2D eigenvalue weighted by Gasteiger charge is -2.07. The first-order chi connectivity index (χ1) is 5.74. The zero-order chi connectivity index (χ0) is 8.97. The summed E-state index contributed by atoms with van der Waals surface area (Å²) in [5.41, 5.74) is 6.49. The average Bonchev–Trinajstić information content (AvgIpc) is 2.03. The zero-order valence-electron chi connectivity index (χ0n) is 7.01. The average molecular weight is 277 g/mol. The van der Waals surface area contributed by atoms with Crippen molar-refractivity contribution in [2.24, 2.45) is 5.73 Å². The smallest absolute Gasteiger partial charge is 0.122 e. The topological polar surface area (TPSA) is 35.2 Å². The first kappa shape index (κ1) is 9.80. The van der Waals surface area contributed by atoms with Crippen LogP contribution in [0.2, 0.25) is 0 Å². The van der Waals surface area contributed by atoms with Crippen molar-refractivity contribution in [2.75, 3.05) is 13.2 Å². The summed E-state index contributed by atoms with van der Waals surface area (Å²) >= 11 is 2.28. The molecule has 0 aliphatic carbocycles. The van der Waals surface area contributed by atoms with Crippen LogP contribution in [0.25, 0.3) is 0 Å². The van der Waals surface area contributed by atoms with Crippen LogP contribution in [0.4, 0.5) is 0 Å². The van der Waals surface area contributed by atoms with Crippen molar-refractivity contribution in [1.29, 1.82) is 0 Å². The molecule has 0 atom stereocenters. The standard InChI is InChI=1S/C9H12INO/c1-7-6-8(10)2-3-9(7)12-5-4-11/h2-3,6H,4-5,11H2,1H3. The molecule has 0 saturated heterocycles. The third kappa shape index (κ3) is 2.64. The number of ether oxygens (including phenoxy) is 1. The van der Waals surface area contributed by atoms with Crippen LogP contribution in [0.5, 0.6) is 5.75 Å². The Balaban J connectivity index is 2.72. The van der Waals surface area contributed by atoms with Gasteiger partial charge < -0.3 is 10.5 Å². The molecule has 3 heteroatoms. The Kier molecular flexibility index (Phi) is 3.81. The highest BCUT2D eigenvalue weighted by molar-refractivity contribution is 14.1. The molecule has 0 bridgehead atoms. The Bertz CT molecular complexity index is 263. The van der Waals surface area contributed by atoms with Gasteiger partial charge in [-0.05, 0) is 53.3 Å². The van der Waals surface area contributed by atoms with Gasteiger partial charge in [0.05, 0.1) is 0 Å². The molecule has 0 fully saturated rings. The maximum Gasteiger partial charge on any atom is 0.122 e. The summed E-state index contributed by atoms with van der Waals surface area (Å²) in [6.07, 6.45) is 0. The molecule has 12 heavy (non-hydrogen) atoms. The molecule has 1 rings (SSSR count). The fraction of sp³-hybridized carbons (Fsp3) is 0.333. The molecule has 0 amide bonds. The van der Waals surface area contributed by atoms with Gasteiger partial charge in [-0.1, -0.05) is 0 Å². The third-order valence-electron chi connectivity index (χ3n) is 1.51. The molecule has 66 valence electrons. The predicted molar refractivity (Wildman–Crippen MR) is 58.4 cm³/mol. The molecule has 1 aromatic rings. The Morgan fingerprint density at radius 1 is 1.50 bits per heavy atom. The Labute approximate surface area is 86.2 Å². The number of halogens is 1. The maximum absolute atomic E-state index is 5.41. The van der Waals surface area contributed by atoms with Gasteiger partial charge in [-0.3, -0.25) is 0 Å². The predicted octanol–water partition coefficient (Wildman–Crippen LogP) is 1.94. The van der Waals surface area contributed by atoms with E-state index >= 15 is 0 Å². The molecule has 0 unspecified atom stereocenters. The SMILES string of the molecule is Cc1cc(I)ccc1OCCN. The quantitative estimate of drug-likeness (QED) is 0.857. The molecule has 0 saturated carbocycles. The van der Waals surface area contributed by atoms with E-state index < -0.39 is 0 Å². The van der Waals surface area contributed by atoms with Gasteiger partial charge in [-0.15, -0.1) is 0 Å². The van der Waals surface area contributed by atoms with Gasteiger partial charge in [0.2, 0.25) is 0 Å². The second-order valence-electron chi connectivity index (χ2n) is 2.55. The van der Waals surface area contributed by atoms with E-state index in [0.29, 0.717) is 13.2 Å². The Morgan fingerprint density at radius 2 is 2.25 bits per heavy atom. The highest BCUT2D eigenvalue weighted by Gasteiger charge is 1.98. The van der Waals surface area contributed by atoms with E-state index in [2.05, 4.69) is 28.7 Å². The summed E-state index contributed by atoms with van der Waals surface area (Å²) in [7, 11) is 0. The molecule has 0 aliphatic heterocycles. The highest BCUT2D eigenvalue weighted by atomic mass is 127. The Hall–Kier alpha value is -0.290. The minimum Gasteiger partial charge on any atom is -0.492 e. The normalized spacial score (nSPS) is 9.92. The molecule has 0 spiro atoms. The zero-order valence-corrected chi connectivity index (χ0v) is 9.17. The van der Waals surface area contributed by atoms with E-state index in [0.717, 1.165) is 11.3 Å². The number of hydrogen-bond acceptors (Lipinski definition) is 2. The summed E-state index contributed by atoms with van der Waals surface area (Å²) < 4.78 is 6.64. The van der Waals surface area contributed by atoms with Crippen molar-refractivity contribution >= 4 is 22.6 Å². The molecular weight excluding hydrogens is 265 g/mol. The van der Waals surface area contributed by atoms with Crippen molar-refractivity contribution in [3.8, 4) is 5.75 Å². The monoisotopic (exact) mass is 277 g/mol. The molecule has 2 N–H and O–H groups in total. The minimum absolute atomic E-state index is 0.561. The minimum atomic E-state index is 0.561. The molecular formula is C9H12INO. The number of hydrogen-bond donors (Lipinski definition) is 1. The van der Waals surface area contributed by atoms with Gasteiger partial charge in [0.25, 0.3) is 0 Å². The second kappa shape index (κ2) is 4.67. The third-order valence-corrected chi connectivity index (χ3v) is 2.18. The van der Waals surface area contributed by atoms with Gasteiger partial charge in [0.15, 0.2) is 0 Å². The fourth-order valence-electron chi connectivity index (χ4n) is 0.944. The summed E-state index contributed by atoms with van der Waals surface area (Å²) in [5.74, 6) is 0.931. The molecule has 0 aliphatic rings. The van der Waals surface area contributed by atoms with E-state index in [1.54, 1.807) is 0 Å². The van der Waals surface area contributed by atoms with Crippen molar-refractivity contribution in [3.05, 3.63) is 27.3 Å². The molecule has 1 aromatic carbocycles. The number of aryl methyl sites for hydroxylation is 1. The van der Waals surface area contributed by atoms with Gasteiger partial charge in [0.1, 0.15) is 12.4 Å². The lowest BCUT2D eigenvalue weighted by molar-refractivity contribution is 0.326. The number of nitrogens with two attached hydrogens (primary N) is 1. The number of benzene rings is 1. The van der Waals surface area contributed by atoms with E-state index in [-0.39, 0.29) is 0 Å². The van der Waals surface area contributed by atoms with Gasteiger partial charge in [-0.2, -0.15) is 0 Å². The largest absolute Gasteiger partial charge is 0.492 e. The lowest BCUT2D eigenvalue weighted by atomic mass is 10.2. The van der Waals surface area contributed by atoms with Crippen LogP contribution >= 0.6 is 22.6 Å². The van der Waals surface area contributed by atoms with Gasteiger partial charge in [-0.25, -0.2) is 0 Å². The number of rotatable bonds is 3. The van der Waals surface area contributed by atoms with Gasteiger partial charge in [0, 0.05) is 10.1 Å². The van der Waals surface area contributed by atoms with Crippen LogP contribution < -0.4 is 10.5 Å². The van der Waals surface area contributed by atoms with E-state index in [1.165, 1.54) is 3.57 Å². The van der Waals surface area contributed by atoms with Crippen molar-refractivity contribution in [1.82, 2.24) is 0 Å². The summed E-state index contributed by atoms with van der Waals surface area (Å²) in [6.45, 7) is 3.18. The van der Waals surface area contributed by atoms with Crippen LogP contribution in [-0.2, 0) is 0 Å². The van der Waals surface area contributed by atoms with Crippen LogP contribution in [0.15, 0.2) is 18.2 Å². The second-order valence-corrected chi connectivity index (χ2v) is 3.79. The summed E-state index contributed by atoms with van der Waals surface area (Å²) in [4.78, 5) is 0. The molecule has 0 radical (unpaired) electrons. The first-order valence-corrected chi connectivity index (χ1v) is 4.91. The van der Waals surface area contributed by atoms with Crippen LogP contribution in [0, 0.1) is 10.5 Å². The lowest BCUT2D eigenvalue weighted by Crippen LogP contribution is -2.11. The molecule has 0 aromatic heterocycles. The Morgan fingerprint density at radius 3 is 2.83 bits per heavy atom. The van der Waals surface area contributed by atoms with Crippen LogP contribution in [0.1, 0.15) is 5.56 Å². The summed E-state index contributed by atoms with van der Waals surface area (Å²) in [5, 5.41) is 0. The van der Waals surface area contributed by atoms with Gasteiger partial charge >= 0.3 is 0 Å². The highest BCUT2D eigenvalue weighted by Crippen LogP contribution is 2.19.